The zero-order chi connectivity index (χ0) is 21.2. The number of rotatable bonds is 7. The number of benzene rings is 3. The average molecular weight is 402 g/mol. The molecular formula is C27H31NO2. The topological polar surface area (TPSA) is 52.3 Å². The summed E-state index contributed by atoms with van der Waals surface area (Å²) in [6, 6.07) is 28.8. The fourth-order valence-electron chi connectivity index (χ4n) is 4.02. The minimum absolute atomic E-state index is 0.0517. The Morgan fingerprint density at radius 3 is 2.27 bits per heavy atom. The second kappa shape index (κ2) is 11.4. The molecule has 2 atom stereocenters. The van der Waals surface area contributed by atoms with Crippen molar-refractivity contribution in [1.29, 1.82) is 0 Å². The molecule has 1 aliphatic rings. The summed E-state index contributed by atoms with van der Waals surface area (Å²) in [6.07, 6.45) is 4.22. The molecule has 3 nitrogen and oxygen atoms in total. The van der Waals surface area contributed by atoms with E-state index < -0.39 is 0 Å². The van der Waals surface area contributed by atoms with Crippen LogP contribution in [0.1, 0.15) is 52.4 Å². The zero-order valence-electron chi connectivity index (χ0n) is 17.7. The summed E-state index contributed by atoms with van der Waals surface area (Å²) in [6.45, 7) is 0. The second-order valence-electron chi connectivity index (χ2n) is 7.46. The molecule has 4 rings (SSSR count). The first-order chi connectivity index (χ1) is 14.8. The number of hydrogen-bond acceptors (Lipinski definition) is 3. The molecule has 3 aromatic rings. The Bertz CT molecular complexity index is 908. The molecule has 0 bridgehead atoms. The van der Waals surface area contributed by atoms with Crippen molar-refractivity contribution in [1.82, 2.24) is 0 Å². The summed E-state index contributed by atoms with van der Waals surface area (Å²) in [5, 5.41) is 0. The second-order valence-corrected chi connectivity index (χ2v) is 7.46. The largest absolute Gasteiger partial charge is 0.362 e. The number of carbonyl (C=O) groups is 1. The van der Waals surface area contributed by atoms with E-state index >= 15 is 0 Å². The van der Waals surface area contributed by atoms with Crippen molar-refractivity contribution in [3.05, 3.63) is 107 Å². The Morgan fingerprint density at radius 2 is 1.53 bits per heavy atom. The summed E-state index contributed by atoms with van der Waals surface area (Å²) in [4.78, 5) is 13.0. The first-order valence-corrected chi connectivity index (χ1v) is 10.8. The lowest BCUT2D eigenvalue weighted by atomic mass is 9.88. The first-order valence-electron chi connectivity index (χ1n) is 10.8. The van der Waals surface area contributed by atoms with Crippen LogP contribution in [0.25, 0.3) is 0 Å². The van der Waals surface area contributed by atoms with E-state index in [1.807, 2.05) is 42.5 Å². The first kappa shape index (κ1) is 21.9. The molecule has 0 aliphatic heterocycles. The van der Waals surface area contributed by atoms with Gasteiger partial charge in [0.2, 0.25) is 0 Å². The predicted molar refractivity (Wildman–Crippen MR) is 123 cm³/mol. The van der Waals surface area contributed by atoms with E-state index in [1.165, 1.54) is 12.6 Å². The molecule has 30 heavy (non-hydrogen) atoms. The minimum Gasteiger partial charge on any atom is -0.362 e. The van der Waals surface area contributed by atoms with Gasteiger partial charge in [0.05, 0.1) is 6.10 Å². The monoisotopic (exact) mass is 401 g/mol. The van der Waals surface area contributed by atoms with Crippen LogP contribution in [0.3, 0.4) is 0 Å². The van der Waals surface area contributed by atoms with Crippen LogP contribution in [-0.4, -0.2) is 18.9 Å². The number of nitrogens with two attached hydrogens (primary N) is 1. The number of aryl methyl sites for hydroxylation is 2. The lowest BCUT2D eigenvalue weighted by Crippen LogP contribution is -2.31. The molecule has 0 spiro atoms. The molecule has 2 unspecified atom stereocenters. The van der Waals surface area contributed by atoms with Crippen molar-refractivity contribution in [2.75, 3.05) is 7.05 Å². The Kier molecular flexibility index (Phi) is 8.37. The molecule has 156 valence electrons. The van der Waals surface area contributed by atoms with E-state index in [2.05, 4.69) is 48.2 Å². The molecule has 3 heteroatoms. The highest BCUT2D eigenvalue weighted by Crippen LogP contribution is 2.30. The predicted octanol–water partition coefficient (Wildman–Crippen LogP) is 5.54. The maximum absolute atomic E-state index is 13.0. The third-order valence-electron chi connectivity index (χ3n) is 5.53. The molecule has 0 saturated heterocycles. The third kappa shape index (κ3) is 5.65. The SMILES string of the molecule is CN.O=C1c2ccccc2CCC1OC(CCCc1ccccc1)c1ccccc1. The van der Waals surface area contributed by atoms with Crippen LogP contribution in [-0.2, 0) is 17.6 Å². The van der Waals surface area contributed by atoms with Crippen molar-refractivity contribution >= 4 is 5.78 Å². The lowest BCUT2D eigenvalue weighted by Gasteiger charge is -2.28. The average Bonchev–Trinajstić information content (AvgIpc) is 2.83. The van der Waals surface area contributed by atoms with Crippen LogP contribution >= 0.6 is 0 Å². The molecule has 0 aromatic heterocycles. The van der Waals surface area contributed by atoms with E-state index in [9.17, 15) is 4.79 Å². The number of ether oxygens (including phenoxy) is 1. The molecule has 0 fully saturated rings. The van der Waals surface area contributed by atoms with Crippen LogP contribution in [0.2, 0.25) is 0 Å². The molecule has 2 N–H and O–H groups in total. The summed E-state index contributed by atoms with van der Waals surface area (Å²) in [7, 11) is 1.50. The summed E-state index contributed by atoms with van der Waals surface area (Å²) >= 11 is 0. The van der Waals surface area contributed by atoms with E-state index in [4.69, 9.17) is 4.74 Å². The van der Waals surface area contributed by atoms with Gasteiger partial charge in [-0.2, -0.15) is 0 Å². The maximum atomic E-state index is 13.0. The molecule has 1 aliphatic carbocycles. The molecule has 0 saturated carbocycles. The van der Waals surface area contributed by atoms with Gasteiger partial charge in [-0.25, -0.2) is 0 Å². The fourth-order valence-corrected chi connectivity index (χ4v) is 4.02. The van der Waals surface area contributed by atoms with Gasteiger partial charge >= 0.3 is 0 Å². The van der Waals surface area contributed by atoms with Gasteiger partial charge in [-0.1, -0.05) is 84.9 Å². The fraction of sp³-hybridized carbons (Fsp3) is 0.296. The van der Waals surface area contributed by atoms with Crippen molar-refractivity contribution in [2.24, 2.45) is 5.73 Å². The number of fused-ring (bicyclic) bond motifs is 1. The van der Waals surface area contributed by atoms with Crippen LogP contribution in [0.15, 0.2) is 84.9 Å². The Hall–Kier alpha value is -2.75. The Morgan fingerprint density at radius 1 is 0.900 bits per heavy atom. The van der Waals surface area contributed by atoms with Gasteiger partial charge in [-0.3, -0.25) is 4.79 Å². The maximum Gasteiger partial charge on any atom is 0.191 e. The van der Waals surface area contributed by atoms with Gasteiger partial charge in [0.1, 0.15) is 6.10 Å². The van der Waals surface area contributed by atoms with Crippen molar-refractivity contribution in [3.63, 3.8) is 0 Å². The molecule has 0 radical (unpaired) electrons. The molecule has 0 amide bonds. The Labute approximate surface area is 179 Å². The highest BCUT2D eigenvalue weighted by Gasteiger charge is 2.30. The van der Waals surface area contributed by atoms with Gasteiger partial charge in [-0.05, 0) is 55.8 Å². The van der Waals surface area contributed by atoms with Gasteiger partial charge < -0.3 is 10.5 Å². The van der Waals surface area contributed by atoms with E-state index in [1.54, 1.807) is 0 Å². The summed E-state index contributed by atoms with van der Waals surface area (Å²) in [5.41, 5.74) is 8.97. The quantitative estimate of drug-likeness (QED) is 0.565. The standard InChI is InChI=1S/C26H26O2.CH5N/c27-26-23-16-8-7-13-21(23)18-19-25(26)28-24(22-14-5-2-6-15-22)17-9-12-20-10-3-1-4-11-20;1-2/h1-8,10-11,13-16,24-25H,9,12,17-19H2;2H2,1H3. The number of hydrogen-bond donors (Lipinski definition) is 1. The van der Waals surface area contributed by atoms with Gasteiger partial charge in [0, 0.05) is 5.56 Å². The molecule has 0 heterocycles. The molecule has 3 aromatic carbocycles. The van der Waals surface area contributed by atoms with Crippen molar-refractivity contribution in [2.45, 2.75) is 44.3 Å². The van der Waals surface area contributed by atoms with E-state index in [-0.39, 0.29) is 18.0 Å². The lowest BCUT2D eigenvalue weighted by molar-refractivity contribution is -0.0139. The van der Waals surface area contributed by atoms with E-state index in [0.29, 0.717) is 0 Å². The highest BCUT2D eigenvalue weighted by molar-refractivity contribution is 6.01. The minimum atomic E-state index is -0.350. The van der Waals surface area contributed by atoms with E-state index in [0.717, 1.165) is 48.8 Å². The van der Waals surface area contributed by atoms with Gasteiger partial charge in [0.15, 0.2) is 5.78 Å². The van der Waals surface area contributed by atoms with Crippen LogP contribution in [0.5, 0.6) is 0 Å². The summed E-state index contributed by atoms with van der Waals surface area (Å²) in [5.74, 6) is 0.130. The number of Topliss-reactive ketones (excluding diaryl/α,β-unsaturated/α-hetero) is 1. The van der Waals surface area contributed by atoms with Crippen LogP contribution in [0, 0.1) is 0 Å². The smallest absolute Gasteiger partial charge is 0.191 e. The Balaban J connectivity index is 0.00000124. The summed E-state index contributed by atoms with van der Waals surface area (Å²) < 4.78 is 6.44. The normalized spacial score (nSPS) is 16.2. The number of ketones is 1. The number of carbonyl (C=O) groups excluding carboxylic acids is 1. The molecular weight excluding hydrogens is 370 g/mol. The van der Waals surface area contributed by atoms with Gasteiger partial charge in [0.25, 0.3) is 0 Å². The van der Waals surface area contributed by atoms with Crippen LogP contribution in [0.4, 0.5) is 0 Å². The highest BCUT2D eigenvalue weighted by atomic mass is 16.5. The zero-order valence-corrected chi connectivity index (χ0v) is 17.7. The van der Waals surface area contributed by atoms with Gasteiger partial charge in [-0.15, -0.1) is 0 Å². The van der Waals surface area contributed by atoms with Crippen molar-refractivity contribution in [3.8, 4) is 0 Å². The third-order valence-corrected chi connectivity index (χ3v) is 5.53. The van der Waals surface area contributed by atoms with Crippen molar-refractivity contribution < 1.29 is 9.53 Å². The van der Waals surface area contributed by atoms with Crippen LogP contribution < -0.4 is 5.73 Å².